The molecular weight excluding hydrogens is 200 g/mol. The largest absolute Gasteiger partial charge is 0.379 e. The smallest absolute Gasteiger partial charge is 0.0704 e. The Balaban J connectivity index is 1.45. The van der Waals surface area contributed by atoms with Crippen molar-refractivity contribution in [2.75, 3.05) is 19.8 Å². The average Bonchev–Trinajstić information content (AvgIpc) is 2.27. The molecule has 2 rings (SSSR count). The van der Waals surface area contributed by atoms with Crippen molar-refractivity contribution in [1.82, 2.24) is 0 Å². The van der Waals surface area contributed by atoms with Gasteiger partial charge in [0.1, 0.15) is 0 Å². The SMILES string of the molecule is [c]1ccc(CCOCCOC2CCC2)cc1. The van der Waals surface area contributed by atoms with Gasteiger partial charge in [-0.2, -0.15) is 0 Å². The van der Waals surface area contributed by atoms with Crippen molar-refractivity contribution in [3.63, 3.8) is 0 Å². The minimum atomic E-state index is 0.522. The number of rotatable bonds is 7. The predicted octanol–water partition coefficient (Wildman–Crippen LogP) is 2.61. The van der Waals surface area contributed by atoms with Crippen LogP contribution in [0.5, 0.6) is 0 Å². The second kappa shape index (κ2) is 6.66. The third-order valence-corrected chi connectivity index (χ3v) is 2.96. The Morgan fingerprint density at radius 2 is 1.94 bits per heavy atom. The monoisotopic (exact) mass is 219 g/mol. The average molecular weight is 219 g/mol. The summed E-state index contributed by atoms with van der Waals surface area (Å²) in [7, 11) is 0. The van der Waals surface area contributed by atoms with Gasteiger partial charge in [-0.25, -0.2) is 0 Å². The van der Waals surface area contributed by atoms with Crippen LogP contribution in [0, 0.1) is 6.07 Å². The van der Waals surface area contributed by atoms with Gasteiger partial charge in [-0.15, -0.1) is 0 Å². The maximum Gasteiger partial charge on any atom is 0.0704 e. The third kappa shape index (κ3) is 3.95. The van der Waals surface area contributed by atoms with E-state index in [4.69, 9.17) is 9.47 Å². The van der Waals surface area contributed by atoms with E-state index in [0.29, 0.717) is 6.10 Å². The molecule has 2 heteroatoms. The Morgan fingerprint density at radius 1 is 1.12 bits per heavy atom. The summed E-state index contributed by atoms with van der Waals surface area (Å²) in [6, 6.07) is 11.0. The maximum atomic E-state index is 5.60. The van der Waals surface area contributed by atoms with Crippen LogP contribution in [0.25, 0.3) is 0 Å². The third-order valence-electron chi connectivity index (χ3n) is 2.96. The second-order valence-corrected chi connectivity index (χ2v) is 4.19. The van der Waals surface area contributed by atoms with Crippen LogP contribution >= 0.6 is 0 Å². The molecule has 0 amide bonds. The molecule has 0 aliphatic heterocycles. The zero-order chi connectivity index (χ0) is 11.1. The molecule has 0 saturated heterocycles. The fourth-order valence-electron chi connectivity index (χ4n) is 1.69. The van der Waals surface area contributed by atoms with E-state index in [1.54, 1.807) is 0 Å². The minimum Gasteiger partial charge on any atom is -0.379 e. The molecule has 1 aromatic rings. The van der Waals surface area contributed by atoms with Crippen LogP contribution < -0.4 is 0 Å². The van der Waals surface area contributed by atoms with E-state index < -0.39 is 0 Å². The van der Waals surface area contributed by atoms with E-state index in [9.17, 15) is 0 Å². The van der Waals surface area contributed by atoms with Gasteiger partial charge in [0.05, 0.1) is 25.9 Å². The number of benzene rings is 1. The molecule has 2 nitrogen and oxygen atoms in total. The van der Waals surface area contributed by atoms with Gasteiger partial charge in [-0.3, -0.25) is 0 Å². The van der Waals surface area contributed by atoms with Crippen molar-refractivity contribution in [3.05, 3.63) is 35.9 Å². The molecule has 16 heavy (non-hydrogen) atoms. The number of hydrogen-bond donors (Lipinski definition) is 0. The lowest BCUT2D eigenvalue weighted by Gasteiger charge is -2.25. The quantitative estimate of drug-likeness (QED) is 0.656. The van der Waals surface area contributed by atoms with Crippen molar-refractivity contribution in [2.24, 2.45) is 0 Å². The van der Waals surface area contributed by atoms with Gasteiger partial charge in [0, 0.05) is 0 Å². The molecule has 1 aromatic carbocycles. The summed E-state index contributed by atoms with van der Waals surface area (Å²) in [4.78, 5) is 0. The first-order chi connectivity index (χ1) is 7.95. The van der Waals surface area contributed by atoms with E-state index in [0.717, 1.165) is 26.2 Å². The molecule has 0 unspecified atom stereocenters. The van der Waals surface area contributed by atoms with Crippen LogP contribution in [-0.2, 0) is 15.9 Å². The zero-order valence-electron chi connectivity index (χ0n) is 9.65. The topological polar surface area (TPSA) is 18.5 Å². The van der Waals surface area contributed by atoms with Crippen LogP contribution in [0.4, 0.5) is 0 Å². The van der Waals surface area contributed by atoms with Crippen LogP contribution in [0.1, 0.15) is 24.8 Å². The van der Waals surface area contributed by atoms with Gasteiger partial charge in [0.15, 0.2) is 0 Å². The maximum absolute atomic E-state index is 5.60. The molecule has 0 spiro atoms. The molecule has 1 aliphatic carbocycles. The van der Waals surface area contributed by atoms with Gasteiger partial charge >= 0.3 is 0 Å². The van der Waals surface area contributed by atoms with Gasteiger partial charge < -0.3 is 9.47 Å². The van der Waals surface area contributed by atoms with Crippen molar-refractivity contribution >= 4 is 0 Å². The summed E-state index contributed by atoms with van der Waals surface area (Å²) in [6.45, 7) is 2.24. The molecular formula is C14H19O2. The first kappa shape index (κ1) is 11.6. The molecule has 87 valence electrons. The molecule has 0 N–H and O–H groups in total. The molecule has 1 radical (unpaired) electrons. The predicted molar refractivity (Wildman–Crippen MR) is 63.4 cm³/mol. The Kier molecular flexibility index (Phi) is 4.84. The molecule has 1 saturated carbocycles. The fourth-order valence-corrected chi connectivity index (χ4v) is 1.69. The molecule has 0 heterocycles. The highest BCUT2D eigenvalue weighted by Gasteiger charge is 2.16. The van der Waals surface area contributed by atoms with Gasteiger partial charge in [0.2, 0.25) is 0 Å². The zero-order valence-corrected chi connectivity index (χ0v) is 9.65. The summed E-state index contributed by atoms with van der Waals surface area (Å²) in [6.07, 6.45) is 5.30. The number of ether oxygens (including phenoxy) is 2. The van der Waals surface area contributed by atoms with E-state index >= 15 is 0 Å². The van der Waals surface area contributed by atoms with Crippen molar-refractivity contribution < 1.29 is 9.47 Å². The summed E-state index contributed by atoms with van der Waals surface area (Å²) in [5, 5.41) is 0. The Labute approximate surface area is 97.6 Å². The minimum absolute atomic E-state index is 0.522. The van der Waals surface area contributed by atoms with Crippen LogP contribution in [0.3, 0.4) is 0 Å². The summed E-state index contributed by atoms with van der Waals surface area (Å²) >= 11 is 0. The Bertz CT molecular complexity index is 280. The van der Waals surface area contributed by atoms with E-state index in [1.807, 2.05) is 12.1 Å². The van der Waals surface area contributed by atoms with Gasteiger partial charge in [-0.05, 0) is 37.3 Å². The highest BCUT2D eigenvalue weighted by Crippen LogP contribution is 2.21. The lowest BCUT2D eigenvalue weighted by atomic mass is 9.96. The highest BCUT2D eigenvalue weighted by molar-refractivity contribution is 5.13. The van der Waals surface area contributed by atoms with Crippen molar-refractivity contribution in [1.29, 1.82) is 0 Å². The van der Waals surface area contributed by atoms with Crippen molar-refractivity contribution in [2.45, 2.75) is 31.8 Å². The van der Waals surface area contributed by atoms with Gasteiger partial charge in [0.25, 0.3) is 0 Å². The molecule has 0 atom stereocenters. The first-order valence-electron chi connectivity index (χ1n) is 6.09. The van der Waals surface area contributed by atoms with E-state index in [1.165, 1.54) is 24.8 Å². The van der Waals surface area contributed by atoms with Crippen LogP contribution in [-0.4, -0.2) is 25.9 Å². The molecule has 1 fully saturated rings. The Hall–Kier alpha value is -0.860. The lowest BCUT2D eigenvalue weighted by Crippen LogP contribution is -2.23. The van der Waals surface area contributed by atoms with E-state index in [2.05, 4.69) is 18.2 Å². The second-order valence-electron chi connectivity index (χ2n) is 4.19. The normalized spacial score (nSPS) is 16.0. The highest BCUT2D eigenvalue weighted by atomic mass is 16.5. The summed E-state index contributed by atoms with van der Waals surface area (Å²) in [5.41, 5.74) is 1.30. The first-order valence-corrected chi connectivity index (χ1v) is 6.09. The number of hydrogen-bond acceptors (Lipinski definition) is 2. The summed E-state index contributed by atoms with van der Waals surface area (Å²) < 4.78 is 11.1. The van der Waals surface area contributed by atoms with Crippen molar-refractivity contribution in [3.8, 4) is 0 Å². The Morgan fingerprint density at radius 3 is 2.62 bits per heavy atom. The fraction of sp³-hybridized carbons (Fsp3) is 0.571. The molecule has 0 aromatic heterocycles. The summed E-state index contributed by atoms with van der Waals surface area (Å²) in [5.74, 6) is 0. The van der Waals surface area contributed by atoms with Gasteiger partial charge in [-0.1, -0.05) is 24.3 Å². The standard InChI is InChI=1S/C14H19O2/c1-2-5-13(6-3-1)9-10-15-11-12-16-14-7-4-8-14/h2-3,5-6,14H,4,7-12H2. The molecule has 1 aliphatic rings. The van der Waals surface area contributed by atoms with E-state index in [-0.39, 0.29) is 0 Å². The van der Waals surface area contributed by atoms with Crippen LogP contribution in [0.2, 0.25) is 0 Å². The molecule has 0 bridgehead atoms. The van der Waals surface area contributed by atoms with Crippen LogP contribution in [0.15, 0.2) is 24.3 Å². The lowest BCUT2D eigenvalue weighted by molar-refractivity contribution is -0.0282.